The summed E-state index contributed by atoms with van der Waals surface area (Å²) in [7, 11) is 0. The predicted octanol–water partition coefficient (Wildman–Crippen LogP) is 5.34. The lowest BCUT2D eigenvalue weighted by molar-refractivity contribution is 0.530. The fourth-order valence-electron chi connectivity index (χ4n) is 2.49. The van der Waals surface area contributed by atoms with Crippen molar-refractivity contribution in [2.45, 2.75) is 24.7 Å². The van der Waals surface area contributed by atoms with Crippen molar-refractivity contribution in [2.24, 2.45) is 5.73 Å². The van der Waals surface area contributed by atoms with Crippen LogP contribution >= 0.6 is 35.6 Å². The van der Waals surface area contributed by atoms with Crippen molar-refractivity contribution in [1.82, 2.24) is 0 Å². The maximum atomic E-state index is 8.30. The SMILES string of the molecule is Cl.[2H]C1([2H])C[C@@H](c2ccc(Cl)c(Cl)c2)c2ccccc2[C@]1([2H])N. The summed E-state index contributed by atoms with van der Waals surface area (Å²) in [5.41, 5.74) is 8.27. The molecule has 0 spiro atoms. The van der Waals surface area contributed by atoms with E-state index in [0.29, 0.717) is 15.6 Å². The molecule has 1 aliphatic carbocycles. The third-order valence-corrected chi connectivity index (χ3v) is 4.21. The van der Waals surface area contributed by atoms with E-state index < -0.39 is 12.4 Å². The van der Waals surface area contributed by atoms with Gasteiger partial charge in [-0.1, -0.05) is 53.5 Å². The van der Waals surface area contributed by atoms with Gasteiger partial charge in [0.2, 0.25) is 0 Å². The van der Waals surface area contributed by atoms with Gasteiger partial charge in [-0.2, -0.15) is 0 Å². The monoisotopic (exact) mass is 330 g/mol. The molecule has 3 rings (SSSR count). The molecule has 0 saturated carbocycles. The standard InChI is InChI=1S/C16H15Cl2N.ClH/c17-14-7-5-10(9-15(14)18)11-6-8-16(19)13-4-2-1-3-12(11)13;/h1-5,7,9,11,16H,6,8,19H2;1H/t11-,16+;/m0./s1/i8D2,16D;. The molecule has 0 amide bonds. The van der Waals surface area contributed by atoms with Gasteiger partial charge in [0.25, 0.3) is 0 Å². The highest BCUT2D eigenvalue weighted by molar-refractivity contribution is 6.42. The lowest BCUT2D eigenvalue weighted by Crippen LogP contribution is -2.20. The first kappa shape index (κ1) is 11.9. The molecule has 2 aromatic rings. The Morgan fingerprint density at radius 3 is 2.50 bits per heavy atom. The number of halogens is 3. The maximum Gasteiger partial charge on any atom is 0.0595 e. The molecule has 0 radical (unpaired) electrons. The number of benzene rings is 2. The van der Waals surface area contributed by atoms with Crippen LogP contribution in [0.15, 0.2) is 42.5 Å². The largest absolute Gasteiger partial charge is 0.324 e. The first-order valence-electron chi connectivity index (χ1n) is 7.57. The third kappa shape index (κ3) is 2.82. The van der Waals surface area contributed by atoms with Crippen LogP contribution in [0.3, 0.4) is 0 Å². The number of rotatable bonds is 1. The van der Waals surface area contributed by atoms with Crippen LogP contribution in [-0.2, 0) is 0 Å². The zero-order valence-corrected chi connectivity index (χ0v) is 12.9. The molecule has 0 heterocycles. The van der Waals surface area contributed by atoms with Crippen LogP contribution in [0.25, 0.3) is 0 Å². The molecule has 0 bridgehead atoms. The Morgan fingerprint density at radius 1 is 1.10 bits per heavy atom. The van der Waals surface area contributed by atoms with E-state index in [2.05, 4.69) is 0 Å². The number of nitrogens with two attached hydrogens (primary N) is 1. The zero-order valence-electron chi connectivity index (χ0n) is 13.6. The molecular weight excluding hydrogens is 313 g/mol. The molecule has 0 saturated heterocycles. The Hall–Kier alpha value is -0.730. The molecular formula is C16H16Cl3N. The Labute approximate surface area is 139 Å². The van der Waals surface area contributed by atoms with Gasteiger partial charge in [0, 0.05) is 14.7 Å². The molecule has 2 N–H and O–H groups in total. The summed E-state index contributed by atoms with van der Waals surface area (Å²) >= 11 is 12.1. The highest BCUT2D eigenvalue weighted by atomic mass is 35.5. The first-order valence-corrected chi connectivity index (χ1v) is 6.83. The fraction of sp³-hybridized carbons (Fsp3) is 0.250. The summed E-state index contributed by atoms with van der Waals surface area (Å²) in [5.74, 6) is -0.206. The van der Waals surface area contributed by atoms with Crippen LogP contribution in [-0.4, -0.2) is 0 Å². The number of hydrogen-bond donors (Lipinski definition) is 1. The van der Waals surface area contributed by atoms with Gasteiger partial charge in [-0.3, -0.25) is 0 Å². The first-order chi connectivity index (χ1) is 10.2. The van der Waals surface area contributed by atoms with Gasteiger partial charge >= 0.3 is 0 Å². The van der Waals surface area contributed by atoms with E-state index in [1.807, 2.05) is 18.2 Å². The highest BCUT2D eigenvalue weighted by Gasteiger charge is 2.26. The van der Waals surface area contributed by atoms with Gasteiger partial charge in [0.1, 0.15) is 0 Å². The molecule has 4 heteroatoms. The second-order valence-corrected chi connectivity index (χ2v) is 5.42. The van der Waals surface area contributed by atoms with Gasteiger partial charge in [-0.05, 0) is 41.6 Å². The van der Waals surface area contributed by atoms with E-state index in [-0.39, 0.29) is 24.7 Å². The quantitative estimate of drug-likeness (QED) is 0.750. The van der Waals surface area contributed by atoms with Gasteiger partial charge in [0.05, 0.1) is 11.4 Å². The summed E-state index contributed by atoms with van der Waals surface area (Å²) in [6.07, 6.45) is -1.72. The van der Waals surface area contributed by atoms with E-state index in [1.54, 1.807) is 24.3 Å². The smallest absolute Gasteiger partial charge is 0.0595 e. The molecule has 1 aliphatic rings. The second-order valence-electron chi connectivity index (χ2n) is 4.61. The van der Waals surface area contributed by atoms with E-state index in [1.165, 1.54) is 0 Å². The normalized spacial score (nSPS) is 29.4. The molecule has 0 aromatic heterocycles. The Morgan fingerprint density at radius 2 is 1.80 bits per heavy atom. The van der Waals surface area contributed by atoms with E-state index in [0.717, 1.165) is 11.1 Å². The molecule has 20 heavy (non-hydrogen) atoms. The van der Waals surface area contributed by atoms with Crippen LogP contribution in [0.5, 0.6) is 0 Å². The van der Waals surface area contributed by atoms with Crippen molar-refractivity contribution < 1.29 is 4.11 Å². The number of fused-ring (bicyclic) bond motifs is 1. The van der Waals surface area contributed by atoms with Crippen molar-refractivity contribution >= 4 is 35.6 Å². The average molecular weight is 332 g/mol. The van der Waals surface area contributed by atoms with Crippen LogP contribution in [0.4, 0.5) is 0 Å². The molecule has 0 aliphatic heterocycles. The van der Waals surface area contributed by atoms with Gasteiger partial charge < -0.3 is 5.73 Å². The highest BCUT2D eigenvalue weighted by Crippen LogP contribution is 2.41. The van der Waals surface area contributed by atoms with Crippen LogP contribution in [0, 0.1) is 0 Å². The molecule has 1 nitrogen and oxygen atoms in total. The van der Waals surface area contributed by atoms with E-state index in [4.69, 9.17) is 33.0 Å². The Kier molecular flexibility index (Phi) is 3.78. The minimum atomic E-state index is -1.85. The number of hydrogen-bond acceptors (Lipinski definition) is 1. The Bertz CT molecular complexity index is 734. The maximum absolute atomic E-state index is 8.30. The molecule has 106 valence electrons. The van der Waals surface area contributed by atoms with Crippen molar-refractivity contribution in [3.05, 3.63) is 69.2 Å². The summed E-state index contributed by atoms with van der Waals surface area (Å²) in [6, 6.07) is 10.8. The van der Waals surface area contributed by atoms with Crippen LogP contribution in [0.1, 0.15) is 45.5 Å². The average Bonchev–Trinajstić information content (AvgIpc) is 2.46. The summed E-state index contributed by atoms with van der Waals surface area (Å²) < 4.78 is 24.8. The van der Waals surface area contributed by atoms with Crippen LogP contribution < -0.4 is 5.73 Å². The van der Waals surface area contributed by atoms with E-state index >= 15 is 0 Å². The lowest BCUT2D eigenvalue weighted by Gasteiger charge is -2.30. The van der Waals surface area contributed by atoms with Gasteiger partial charge in [-0.25, -0.2) is 0 Å². The van der Waals surface area contributed by atoms with Crippen molar-refractivity contribution in [3.8, 4) is 0 Å². The minimum absolute atomic E-state index is 0. The summed E-state index contributed by atoms with van der Waals surface area (Å²) in [5, 5.41) is 0.902. The fourth-order valence-corrected chi connectivity index (χ4v) is 2.80. The molecule has 2 atom stereocenters. The second kappa shape index (κ2) is 6.36. The van der Waals surface area contributed by atoms with Crippen molar-refractivity contribution in [2.75, 3.05) is 0 Å². The summed E-state index contributed by atoms with van der Waals surface area (Å²) in [6.45, 7) is 0. The summed E-state index contributed by atoms with van der Waals surface area (Å²) in [4.78, 5) is 0. The zero-order chi connectivity index (χ0) is 16.1. The molecule has 0 unspecified atom stereocenters. The minimum Gasteiger partial charge on any atom is -0.324 e. The van der Waals surface area contributed by atoms with Gasteiger partial charge in [-0.15, -0.1) is 12.4 Å². The molecule has 0 fully saturated rings. The Balaban J connectivity index is 0.00000192. The van der Waals surface area contributed by atoms with E-state index in [9.17, 15) is 0 Å². The van der Waals surface area contributed by atoms with Crippen LogP contribution in [0.2, 0.25) is 10.0 Å². The van der Waals surface area contributed by atoms with Gasteiger partial charge in [0.15, 0.2) is 0 Å². The topological polar surface area (TPSA) is 26.0 Å². The lowest BCUT2D eigenvalue weighted by atomic mass is 9.77. The van der Waals surface area contributed by atoms with Crippen molar-refractivity contribution in [3.63, 3.8) is 0 Å². The van der Waals surface area contributed by atoms with Crippen molar-refractivity contribution in [1.29, 1.82) is 0 Å². The predicted molar refractivity (Wildman–Crippen MR) is 88.2 cm³/mol. The third-order valence-electron chi connectivity index (χ3n) is 3.47. The molecule has 2 aromatic carbocycles.